The Labute approximate surface area is 144 Å². The number of fused-ring (bicyclic) bond motifs is 2. The predicted octanol–water partition coefficient (Wildman–Crippen LogP) is 1.62. The fourth-order valence-corrected chi connectivity index (χ4v) is 3.07. The molecule has 0 saturated carbocycles. The molecule has 0 spiro atoms. The van der Waals surface area contributed by atoms with Gasteiger partial charge >= 0.3 is 5.69 Å². The molecule has 1 aromatic carbocycles. The minimum Gasteiger partial charge on any atom is -0.487 e. The molecule has 25 heavy (non-hydrogen) atoms. The molecule has 3 heterocycles. The van der Waals surface area contributed by atoms with Gasteiger partial charge in [-0.2, -0.15) is 0 Å². The number of carbonyl (C=O) groups excluding carboxylic acids is 1. The summed E-state index contributed by atoms with van der Waals surface area (Å²) in [6.45, 7) is 4.23. The number of aryl methyl sites for hydroxylation is 1. The van der Waals surface area contributed by atoms with Crippen molar-refractivity contribution in [2.75, 3.05) is 11.4 Å². The third-order valence-corrected chi connectivity index (χ3v) is 4.25. The van der Waals surface area contributed by atoms with Crippen molar-refractivity contribution in [1.29, 1.82) is 0 Å². The van der Waals surface area contributed by atoms with Crippen LogP contribution in [0.4, 0.5) is 5.69 Å². The number of pyridine rings is 1. The van der Waals surface area contributed by atoms with Crippen LogP contribution < -0.4 is 15.3 Å². The number of ether oxygens (including phenoxy) is 1. The first-order chi connectivity index (χ1) is 12.0. The number of hydrogen-bond donors (Lipinski definition) is 0. The van der Waals surface area contributed by atoms with E-state index in [1.807, 2.05) is 32.0 Å². The lowest BCUT2D eigenvalue weighted by Crippen LogP contribution is -2.44. The molecule has 0 fully saturated rings. The lowest BCUT2D eigenvalue weighted by molar-refractivity contribution is -0.119. The summed E-state index contributed by atoms with van der Waals surface area (Å²) < 4.78 is 8.46. The van der Waals surface area contributed by atoms with Crippen LogP contribution in [0.5, 0.6) is 5.75 Å². The molecule has 1 aliphatic rings. The maximum Gasteiger partial charge on any atom is 0.350 e. The molecule has 0 bridgehead atoms. The molecule has 0 aliphatic carbocycles. The van der Waals surface area contributed by atoms with Gasteiger partial charge in [-0.05, 0) is 43.7 Å². The lowest BCUT2D eigenvalue weighted by Gasteiger charge is -2.33. The number of nitrogens with zero attached hydrogens (tertiary/aromatic N) is 4. The van der Waals surface area contributed by atoms with E-state index >= 15 is 0 Å². The summed E-state index contributed by atoms with van der Waals surface area (Å²) in [6.07, 6.45) is 1.52. The monoisotopic (exact) mass is 338 g/mol. The van der Waals surface area contributed by atoms with E-state index < -0.39 is 0 Å². The molecule has 1 unspecified atom stereocenters. The Hall–Kier alpha value is -3.09. The Balaban J connectivity index is 1.67. The van der Waals surface area contributed by atoms with Crippen molar-refractivity contribution in [2.24, 2.45) is 0 Å². The topological polar surface area (TPSA) is 68.8 Å². The highest BCUT2D eigenvalue weighted by molar-refractivity contribution is 5.95. The van der Waals surface area contributed by atoms with Crippen LogP contribution in [0.15, 0.2) is 47.4 Å². The minimum absolute atomic E-state index is 0.111. The molecule has 1 atom stereocenters. The van der Waals surface area contributed by atoms with Crippen molar-refractivity contribution in [3.8, 4) is 5.75 Å². The largest absolute Gasteiger partial charge is 0.487 e. The van der Waals surface area contributed by atoms with E-state index in [1.54, 1.807) is 29.3 Å². The van der Waals surface area contributed by atoms with Crippen molar-refractivity contribution < 1.29 is 9.53 Å². The van der Waals surface area contributed by atoms with Crippen LogP contribution in [0, 0.1) is 6.92 Å². The second-order valence-electron chi connectivity index (χ2n) is 6.27. The molecule has 7 nitrogen and oxygen atoms in total. The predicted molar refractivity (Wildman–Crippen MR) is 93.1 cm³/mol. The summed E-state index contributed by atoms with van der Waals surface area (Å²) in [7, 11) is 0. The zero-order chi connectivity index (χ0) is 17.6. The molecular weight excluding hydrogens is 320 g/mol. The number of amides is 1. The maximum atomic E-state index is 12.9. The molecule has 128 valence electrons. The summed E-state index contributed by atoms with van der Waals surface area (Å²) >= 11 is 0. The van der Waals surface area contributed by atoms with Crippen molar-refractivity contribution in [1.82, 2.24) is 14.2 Å². The molecular formula is C18H18N4O3. The van der Waals surface area contributed by atoms with E-state index in [-0.39, 0.29) is 24.2 Å². The van der Waals surface area contributed by atoms with Gasteiger partial charge in [-0.3, -0.25) is 9.20 Å². The van der Waals surface area contributed by atoms with E-state index in [4.69, 9.17) is 4.74 Å². The van der Waals surface area contributed by atoms with Crippen molar-refractivity contribution in [2.45, 2.75) is 26.5 Å². The minimum atomic E-state index is -0.325. The van der Waals surface area contributed by atoms with E-state index in [2.05, 4.69) is 5.10 Å². The van der Waals surface area contributed by atoms with Crippen LogP contribution in [-0.4, -0.2) is 32.7 Å². The molecule has 3 aromatic rings. The van der Waals surface area contributed by atoms with Crippen LogP contribution in [-0.2, 0) is 11.3 Å². The van der Waals surface area contributed by atoms with Gasteiger partial charge in [0.25, 0.3) is 0 Å². The number of benzene rings is 1. The van der Waals surface area contributed by atoms with Gasteiger partial charge in [0.05, 0.1) is 12.2 Å². The highest BCUT2D eigenvalue weighted by Crippen LogP contribution is 2.34. The lowest BCUT2D eigenvalue weighted by atomic mass is 10.1. The van der Waals surface area contributed by atoms with E-state index in [9.17, 15) is 9.59 Å². The SMILES string of the molecule is Cc1ccc2c(c1)OC(C)CN2C(=O)Cn1nc2ccccn2c1=O. The molecule has 0 saturated heterocycles. The van der Waals surface area contributed by atoms with E-state index in [1.165, 1.54) is 9.08 Å². The smallest absolute Gasteiger partial charge is 0.350 e. The Morgan fingerprint density at radius 2 is 2.16 bits per heavy atom. The zero-order valence-electron chi connectivity index (χ0n) is 14.0. The first-order valence-electron chi connectivity index (χ1n) is 8.15. The van der Waals surface area contributed by atoms with Crippen molar-refractivity contribution >= 4 is 17.2 Å². The first-order valence-corrected chi connectivity index (χ1v) is 8.15. The normalized spacial score (nSPS) is 16.6. The van der Waals surface area contributed by atoms with Gasteiger partial charge in [0.15, 0.2) is 5.65 Å². The standard InChI is InChI=1S/C18H18N4O3/c1-12-6-7-14-15(9-12)25-13(2)10-21(14)17(23)11-22-18(24)20-8-4-3-5-16(20)19-22/h3-9,13H,10-11H2,1-2H3. The van der Waals surface area contributed by atoms with Crippen LogP contribution >= 0.6 is 0 Å². The number of rotatable bonds is 2. The second kappa shape index (κ2) is 5.77. The molecule has 0 radical (unpaired) electrons. The quantitative estimate of drug-likeness (QED) is 0.712. The van der Waals surface area contributed by atoms with Crippen LogP contribution in [0.25, 0.3) is 5.65 Å². The van der Waals surface area contributed by atoms with E-state index in [0.717, 1.165) is 11.3 Å². The van der Waals surface area contributed by atoms with Gasteiger partial charge in [0.1, 0.15) is 18.4 Å². The zero-order valence-corrected chi connectivity index (χ0v) is 14.0. The average Bonchev–Trinajstić information content (AvgIpc) is 2.90. The Morgan fingerprint density at radius 1 is 1.32 bits per heavy atom. The summed E-state index contributed by atoms with van der Waals surface area (Å²) in [4.78, 5) is 26.9. The Kier molecular flexibility index (Phi) is 3.56. The van der Waals surface area contributed by atoms with Crippen LogP contribution in [0.2, 0.25) is 0 Å². The van der Waals surface area contributed by atoms with Gasteiger partial charge in [-0.25, -0.2) is 9.48 Å². The maximum absolute atomic E-state index is 12.9. The second-order valence-corrected chi connectivity index (χ2v) is 6.27. The summed E-state index contributed by atoms with van der Waals surface area (Å²) in [5.41, 5.74) is 1.99. The number of hydrogen-bond acceptors (Lipinski definition) is 4. The van der Waals surface area contributed by atoms with Crippen LogP contribution in [0.3, 0.4) is 0 Å². The number of anilines is 1. The number of carbonyl (C=O) groups is 1. The van der Waals surface area contributed by atoms with E-state index in [0.29, 0.717) is 17.9 Å². The third-order valence-electron chi connectivity index (χ3n) is 4.25. The fraction of sp³-hybridized carbons (Fsp3) is 0.278. The number of aromatic nitrogens is 3. The Bertz CT molecular complexity index is 1020. The Morgan fingerprint density at radius 3 is 2.96 bits per heavy atom. The molecule has 2 aromatic heterocycles. The molecule has 0 N–H and O–H groups in total. The van der Waals surface area contributed by atoms with Crippen molar-refractivity contribution in [3.63, 3.8) is 0 Å². The summed E-state index contributed by atoms with van der Waals surface area (Å²) in [6, 6.07) is 11.0. The molecule has 4 rings (SSSR count). The van der Waals surface area contributed by atoms with Crippen molar-refractivity contribution in [3.05, 3.63) is 58.6 Å². The molecule has 1 amide bonds. The van der Waals surface area contributed by atoms with Crippen LogP contribution in [0.1, 0.15) is 12.5 Å². The van der Waals surface area contributed by atoms with Gasteiger partial charge in [-0.1, -0.05) is 12.1 Å². The average molecular weight is 338 g/mol. The summed E-state index contributed by atoms with van der Waals surface area (Å²) in [5, 5.41) is 4.22. The third kappa shape index (κ3) is 2.67. The van der Waals surface area contributed by atoms with Gasteiger partial charge in [-0.15, -0.1) is 5.10 Å². The van der Waals surface area contributed by atoms with Gasteiger partial charge in [0.2, 0.25) is 5.91 Å². The fourth-order valence-electron chi connectivity index (χ4n) is 3.07. The molecule has 1 aliphatic heterocycles. The molecule has 7 heteroatoms. The van der Waals surface area contributed by atoms with Gasteiger partial charge in [0, 0.05) is 6.20 Å². The van der Waals surface area contributed by atoms with Gasteiger partial charge < -0.3 is 9.64 Å². The summed E-state index contributed by atoms with van der Waals surface area (Å²) in [5.74, 6) is 0.500. The highest BCUT2D eigenvalue weighted by Gasteiger charge is 2.28. The highest BCUT2D eigenvalue weighted by atomic mass is 16.5. The first kappa shape index (κ1) is 15.4.